The maximum Gasteiger partial charge on any atom is 0.225 e. The molecule has 0 spiro atoms. The summed E-state index contributed by atoms with van der Waals surface area (Å²) in [6, 6.07) is 15.6. The summed E-state index contributed by atoms with van der Waals surface area (Å²) in [4.78, 5) is 19.7. The Bertz CT molecular complexity index is 1410. The summed E-state index contributed by atoms with van der Waals surface area (Å²) in [6.45, 7) is 10.2. The molecule has 2 aliphatic rings. The highest BCUT2D eigenvalue weighted by Gasteiger charge is 2.31. The van der Waals surface area contributed by atoms with Crippen LogP contribution >= 0.6 is 15.9 Å². The Hall–Kier alpha value is -2.99. The zero-order chi connectivity index (χ0) is 26.2. The lowest BCUT2D eigenvalue weighted by Crippen LogP contribution is -2.32. The monoisotopic (exact) mass is 569 g/mol. The molecule has 0 radical (unpaired) electrons. The molecule has 2 saturated carbocycles. The van der Waals surface area contributed by atoms with Gasteiger partial charge in [0.05, 0.1) is 9.99 Å². The largest absolute Gasteiger partial charge is 0.356 e. The van der Waals surface area contributed by atoms with Crippen LogP contribution in [0.5, 0.6) is 0 Å². The van der Waals surface area contributed by atoms with Crippen molar-refractivity contribution in [1.29, 1.82) is 0 Å². The van der Waals surface area contributed by atoms with Crippen LogP contribution in [0.4, 0.5) is 11.8 Å². The van der Waals surface area contributed by atoms with Crippen molar-refractivity contribution in [1.82, 2.24) is 15.0 Å². The number of pyridine rings is 1. The average molecular weight is 571 g/mol. The number of hydrogen-bond donors (Lipinski definition) is 0. The number of hydrogen-bond acceptors (Lipinski definition) is 5. The molecule has 5 nitrogen and oxygen atoms in total. The van der Waals surface area contributed by atoms with Gasteiger partial charge in [-0.1, -0.05) is 47.5 Å². The molecule has 2 heterocycles. The highest BCUT2D eigenvalue weighted by atomic mass is 79.9. The van der Waals surface area contributed by atoms with E-state index >= 15 is 0 Å². The lowest BCUT2D eigenvalue weighted by Gasteiger charge is -2.30. The van der Waals surface area contributed by atoms with Crippen molar-refractivity contribution >= 4 is 38.6 Å². The third-order valence-corrected chi connectivity index (χ3v) is 8.07. The average Bonchev–Trinajstić information content (AvgIpc) is 3.80. The first-order chi connectivity index (χ1) is 18.4. The van der Waals surface area contributed by atoms with Crippen molar-refractivity contribution in [2.45, 2.75) is 59.5 Å². The van der Waals surface area contributed by atoms with Gasteiger partial charge in [-0.25, -0.2) is 15.0 Å². The van der Waals surface area contributed by atoms with E-state index < -0.39 is 0 Å². The Balaban J connectivity index is 1.43. The van der Waals surface area contributed by atoms with Crippen LogP contribution in [0, 0.1) is 32.6 Å². The Morgan fingerprint density at radius 1 is 0.816 bits per heavy atom. The second-order valence-electron chi connectivity index (χ2n) is 11.5. The molecule has 0 amide bonds. The standard InChI is InChI=1S/C32H36BrN5/c1-21-11-22(2)13-26(12-21)19-38(32-34-15-29(33)16-35-32)20-28-14-27-6-4-5-23(3)30(27)36-31(28)37(17-24-7-8-24)18-25-9-10-25/h4-6,11-16,24-25H,7-10,17-20H2,1-3H3. The van der Waals surface area contributed by atoms with E-state index in [2.05, 4.69) is 89.0 Å². The van der Waals surface area contributed by atoms with Crippen LogP contribution in [-0.4, -0.2) is 28.0 Å². The van der Waals surface area contributed by atoms with E-state index in [9.17, 15) is 0 Å². The van der Waals surface area contributed by atoms with Gasteiger partial charge in [-0.05, 0) is 91.4 Å². The fourth-order valence-electron chi connectivity index (χ4n) is 5.50. The molecule has 38 heavy (non-hydrogen) atoms. The molecule has 0 N–H and O–H groups in total. The van der Waals surface area contributed by atoms with Gasteiger partial charge in [-0.2, -0.15) is 0 Å². The minimum atomic E-state index is 0.701. The minimum Gasteiger partial charge on any atom is -0.356 e. The van der Waals surface area contributed by atoms with Crippen LogP contribution in [0.25, 0.3) is 10.9 Å². The number of halogens is 1. The number of para-hydroxylation sites is 1. The van der Waals surface area contributed by atoms with E-state index in [0.717, 1.165) is 53.2 Å². The zero-order valence-corrected chi connectivity index (χ0v) is 24.2. The lowest BCUT2D eigenvalue weighted by atomic mass is 10.1. The molecular weight excluding hydrogens is 534 g/mol. The van der Waals surface area contributed by atoms with E-state index in [1.807, 2.05) is 12.4 Å². The van der Waals surface area contributed by atoms with Crippen molar-refractivity contribution in [2.24, 2.45) is 11.8 Å². The number of benzene rings is 2. The van der Waals surface area contributed by atoms with Crippen molar-refractivity contribution in [3.8, 4) is 0 Å². The molecule has 0 saturated heterocycles. The molecule has 4 aromatic rings. The molecule has 0 aliphatic heterocycles. The SMILES string of the molecule is Cc1cc(C)cc(CN(Cc2cc3cccc(C)c3nc2N(CC2CC2)CC2CC2)c2ncc(Br)cn2)c1. The molecule has 2 fully saturated rings. The maximum atomic E-state index is 5.38. The fraction of sp³-hybridized carbons (Fsp3) is 0.406. The summed E-state index contributed by atoms with van der Waals surface area (Å²) in [5.74, 6) is 3.49. The molecule has 2 aromatic carbocycles. The van der Waals surface area contributed by atoms with E-state index in [1.165, 1.54) is 58.9 Å². The predicted octanol–water partition coefficient (Wildman–Crippen LogP) is 7.55. The van der Waals surface area contributed by atoms with E-state index in [-0.39, 0.29) is 0 Å². The number of aromatic nitrogens is 3. The highest BCUT2D eigenvalue weighted by Crippen LogP contribution is 2.37. The quantitative estimate of drug-likeness (QED) is 0.197. The Kier molecular flexibility index (Phi) is 7.08. The van der Waals surface area contributed by atoms with Crippen LogP contribution in [0.15, 0.2) is 59.3 Å². The van der Waals surface area contributed by atoms with Crippen molar-refractivity contribution < 1.29 is 0 Å². The topological polar surface area (TPSA) is 45.2 Å². The molecule has 6 heteroatoms. The molecule has 2 aromatic heterocycles. The van der Waals surface area contributed by atoms with E-state index in [1.54, 1.807) is 0 Å². The van der Waals surface area contributed by atoms with Gasteiger partial charge in [-0.3, -0.25) is 0 Å². The van der Waals surface area contributed by atoms with E-state index in [0.29, 0.717) is 6.54 Å². The second kappa shape index (κ2) is 10.6. The summed E-state index contributed by atoms with van der Waals surface area (Å²) in [7, 11) is 0. The van der Waals surface area contributed by atoms with Crippen LogP contribution in [0.1, 0.15) is 53.5 Å². The van der Waals surface area contributed by atoms with Gasteiger partial charge in [0.1, 0.15) is 5.82 Å². The number of anilines is 2. The summed E-state index contributed by atoms with van der Waals surface area (Å²) in [5.41, 5.74) is 7.42. The number of rotatable bonds is 10. The van der Waals surface area contributed by atoms with Gasteiger partial charge in [0.25, 0.3) is 0 Å². The van der Waals surface area contributed by atoms with Gasteiger partial charge in [-0.15, -0.1) is 0 Å². The summed E-state index contributed by atoms with van der Waals surface area (Å²) in [5, 5.41) is 1.20. The first-order valence-electron chi connectivity index (χ1n) is 13.8. The van der Waals surface area contributed by atoms with E-state index in [4.69, 9.17) is 15.0 Å². The van der Waals surface area contributed by atoms with Crippen LogP contribution in [-0.2, 0) is 13.1 Å². The molecule has 0 atom stereocenters. The van der Waals surface area contributed by atoms with Gasteiger partial charge >= 0.3 is 0 Å². The second-order valence-corrected chi connectivity index (χ2v) is 12.4. The first-order valence-corrected chi connectivity index (χ1v) is 14.6. The zero-order valence-electron chi connectivity index (χ0n) is 22.6. The van der Waals surface area contributed by atoms with Crippen molar-refractivity contribution in [3.63, 3.8) is 0 Å². The van der Waals surface area contributed by atoms with Gasteiger partial charge in [0.2, 0.25) is 5.95 Å². The van der Waals surface area contributed by atoms with Crippen LogP contribution in [0.2, 0.25) is 0 Å². The predicted molar refractivity (Wildman–Crippen MR) is 160 cm³/mol. The van der Waals surface area contributed by atoms with Gasteiger partial charge in [0.15, 0.2) is 0 Å². The summed E-state index contributed by atoms with van der Waals surface area (Å²) < 4.78 is 0.885. The third kappa shape index (κ3) is 6.01. The molecule has 2 aliphatic carbocycles. The number of fused-ring (bicyclic) bond motifs is 1. The molecule has 6 rings (SSSR count). The first kappa shape index (κ1) is 25.3. The molecule has 0 bridgehead atoms. The van der Waals surface area contributed by atoms with Crippen molar-refractivity contribution in [3.05, 3.63) is 87.1 Å². The van der Waals surface area contributed by atoms with Crippen molar-refractivity contribution in [2.75, 3.05) is 22.9 Å². The molecule has 196 valence electrons. The summed E-state index contributed by atoms with van der Waals surface area (Å²) >= 11 is 3.51. The molecular formula is C32H36BrN5. The smallest absolute Gasteiger partial charge is 0.225 e. The third-order valence-electron chi connectivity index (χ3n) is 7.66. The Labute approximate surface area is 234 Å². The van der Waals surface area contributed by atoms with Crippen LogP contribution < -0.4 is 9.80 Å². The maximum absolute atomic E-state index is 5.38. The molecule has 0 unspecified atom stereocenters. The number of aryl methyl sites for hydroxylation is 3. The minimum absolute atomic E-state index is 0.701. The normalized spacial score (nSPS) is 15.2. The summed E-state index contributed by atoms with van der Waals surface area (Å²) in [6.07, 6.45) is 9.05. The lowest BCUT2D eigenvalue weighted by molar-refractivity contribution is 0.665. The Morgan fingerprint density at radius 2 is 1.47 bits per heavy atom. The number of nitrogens with zero attached hydrogens (tertiary/aromatic N) is 5. The Morgan fingerprint density at radius 3 is 2.11 bits per heavy atom. The van der Waals surface area contributed by atoms with Gasteiger partial charge in [0, 0.05) is 49.5 Å². The highest BCUT2D eigenvalue weighted by molar-refractivity contribution is 9.10. The van der Waals surface area contributed by atoms with Gasteiger partial charge < -0.3 is 9.80 Å². The van der Waals surface area contributed by atoms with Crippen LogP contribution in [0.3, 0.4) is 0 Å². The fourth-order valence-corrected chi connectivity index (χ4v) is 5.70.